The van der Waals surface area contributed by atoms with Gasteiger partial charge in [-0.2, -0.15) is 0 Å². The topological polar surface area (TPSA) is 26.0 Å². The van der Waals surface area contributed by atoms with Gasteiger partial charge >= 0.3 is 0 Å². The van der Waals surface area contributed by atoms with Crippen LogP contribution in [0.1, 0.15) is 12.0 Å². The van der Waals surface area contributed by atoms with Crippen LogP contribution in [0.3, 0.4) is 0 Å². The third-order valence-corrected chi connectivity index (χ3v) is 3.73. The van der Waals surface area contributed by atoms with Crippen molar-refractivity contribution in [2.75, 3.05) is 11.5 Å². The van der Waals surface area contributed by atoms with Crippen LogP contribution in [0.25, 0.3) is 0 Å². The van der Waals surface area contributed by atoms with Crippen LogP contribution in [0.4, 0.5) is 5.69 Å². The quantitative estimate of drug-likeness (QED) is 0.710. The SMILES string of the molecule is Nc1cc(Br)cc2c1SCCC2. The minimum absolute atomic E-state index is 0.920. The Labute approximate surface area is 84.9 Å². The number of benzene rings is 1. The van der Waals surface area contributed by atoms with Crippen molar-refractivity contribution < 1.29 is 0 Å². The van der Waals surface area contributed by atoms with Crippen LogP contribution in [-0.4, -0.2) is 5.75 Å². The fourth-order valence-corrected chi connectivity index (χ4v) is 3.06. The Bertz CT molecular complexity index is 312. The van der Waals surface area contributed by atoms with Gasteiger partial charge in [0.05, 0.1) is 0 Å². The molecule has 2 N–H and O–H groups in total. The zero-order valence-corrected chi connectivity index (χ0v) is 9.04. The van der Waals surface area contributed by atoms with Gasteiger partial charge in [0.25, 0.3) is 0 Å². The van der Waals surface area contributed by atoms with Gasteiger partial charge in [-0.3, -0.25) is 0 Å². The summed E-state index contributed by atoms with van der Waals surface area (Å²) in [5, 5.41) is 0. The van der Waals surface area contributed by atoms with Crippen molar-refractivity contribution in [2.45, 2.75) is 17.7 Å². The molecule has 12 heavy (non-hydrogen) atoms. The van der Waals surface area contributed by atoms with Gasteiger partial charge in [0, 0.05) is 15.1 Å². The Morgan fingerprint density at radius 2 is 2.25 bits per heavy atom. The molecule has 1 aromatic carbocycles. The summed E-state index contributed by atoms with van der Waals surface area (Å²) in [6, 6.07) is 4.16. The molecule has 0 amide bonds. The first-order valence-corrected chi connectivity index (χ1v) is 5.76. The lowest BCUT2D eigenvalue weighted by molar-refractivity contribution is 0.891. The van der Waals surface area contributed by atoms with Crippen molar-refractivity contribution >= 4 is 33.4 Å². The minimum Gasteiger partial charge on any atom is -0.398 e. The van der Waals surface area contributed by atoms with E-state index in [1.807, 2.05) is 17.8 Å². The molecule has 0 radical (unpaired) electrons. The van der Waals surface area contributed by atoms with Gasteiger partial charge < -0.3 is 5.73 Å². The predicted octanol–water partition coefficient (Wildman–Crippen LogP) is 3.07. The van der Waals surface area contributed by atoms with Crippen molar-refractivity contribution in [3.63, 3.8) is 0 Å². The number of nitrogens with two attached hydrogens (primary N) is 1. The highest BCUT2D eigenvalue weighted by molar-refractivity contribution is 9.10. The van der Waals surface area contributed by atoms with Crippen LogP contribution in [0.5, 0.6) is 0 Å². The molecule has 0 fully saturated rings. The molecule has 0 saturated carbocycles. The largest absolute Gasteiger partial charge is 0.398 e. The number of hydrogen-bond donors (Lipinski definition) is 1. The van der Waals surface area contributed by atoms with E-state index in [1.165, 1.54) is 29.1 Å². The van der Waals surface area contributed by atoms with E-state index in [0.717, 1.165) is 10.2 Å². The van der Waals surface area contributed by atoms with E-state index in [4.69, 9.17) is 5.73 Å². The van der Waals surface area contributed by atoms with Crippen molar-refractivity contribution in [1.29, 1.82) is 0 Å². The van der Waals surface area contributed by atoms with Crippen molar-refractivity contribution in [1.82, 2.24) is 0 Å². The number of rotatable bonds is 0. The van der Waals surface area contributed by atoms with Crippen LogP contribution in [0.15, 0.2) is 21.5 Å². The van der Waals surface area contributed by atoms with E-state index in [1.54, 1.807) is 0 Å². The standard InChI is InChI=1S/C9H10BrNS/c10-7-4-6-2-1-3-12-9(6)8(11)5-7/h4-5H,1-3,11H2. The third-order valence-electron chi connectivity index (χ3n) is 2.00. The summed E-state index contributed by atoms with van der Waals surface area (Å²) in [6.07, 6.45) is 2.44. The van der Waals surface area contributed by atoms with Crippen molar-refractivity contribution in [3.8, 4) is 0 Å². The second kappa shape index (κ2) is 3.30. The van der Waals surface area contributed by atoms with Crippen LogP contribution in [0.2, 0.25) is 0 Å². The van der Waals surface area contributed by atoms with Crippen molar-refractivity contribution in [2.24, 2.45) is 0 Å². The molecule has 1 aliphatic rings. The number of anilines is 1. The molecule has 0 unspecified atom stereocenters. The Hall–Kier alpha value is -0.150. The molecule has 0 saturated heterocycles. The summed E-state index contributed by atoms with van der Waals surface area (Å²) < 4.78 is 1.10. The van der Waals surface area contributed by atoms with E-state index in [9.17, 15) is 0 Å². The smallest absolute Gasteiger partial charge is 0.0466 e. The molecule has 1 aliphatic heterocycles. The molecule has 1 nitrogen and oxygen atoms in total. The van der Waals surface area contributed by atoms with Crippen LogP contribution in [0, 0.1) is 0 Å². The summed E-state index contributed by atoms with van der Waals surface area (Å²) >= 11 is 5.33. The molecule has 1 aromatic rings. The number of aryl methyl sites for hydroxylation is 1. The number of halogens is 1. The highest BCUT2D eigenvalue weighted by atomic mass is 79.9. The molecule has 0 atom stereocenters. The first-order valence-electron chi connectivity index (χ1n) is 3.98. The van der Waals surface area contributed by atoms with Gasteiger partial charge in [-0.15, -0.1) is 11.8 Å². The Morgan fingerprint density at radius 1 is 1.42 bits per heavy atom. The van der Waals surface area contributed by atoms with Gasteiger partial charge in [-0.05, 0) is 36.3 Å². The molecule has 2 rings (SSSR count). The average Bonchev–Trinajstić information content (AvgIpc) is 2.04. The van der Waals surface area contributed by atoms with E-state index in [2.05, 4.69) is 22.0 Å². The summed E-state index contributed by atoms with van der Waals surface area (Å²) in [5.74, 6) is 1.21. The normalized spacial score (nSPS) is 15.8. The molecular formula is C9H10BrNS. The average molecular weight is 244 g/mol. The van der Waals surface area contributed by atoms with E-state index < -0.39 is 0 Å². The van der Waals surface area contributed by atoms with E-state index >= 15 is 0 Å². The molecule has 0 bridgehead atoms. The Kier molecular flexibility index (Phi) is 2.33. The lowest BCUT2D eigenvalue weighted by Crippen LogP contribution is -2.01. The summed E-state index contributed by atoms with van der Waals surface area (Å²) in [6.45, 7) is 0. The van der Waals surface area contributed by atoms with Crippen LogP contribution in [-0.2, 0) is 6.42 Å². The summed E-state index contributed by atoms with van der Waals surface area (Å²) in [7, 11) is 0. The third kappa shape index (κ3) is 1.48. The van der Waals surface area contributed by atoms with E-state index in [0.29, 0.717) is 0 Å². The first kappa shape index (κ1) is 8.45. The molecular weight excluding hydrogens is 234 g/mol. The highest BCUT2D eigenvalue weighted by Gasteiger charge is 2.12. The molecule has 3 heteroatoms. The second-order valence-corrected chi connectivity index (χ2v) is 4.96. The Morgan fingerprint density at radius 3 is 3.08 bits per heavy atom. The summed E-state index contributed by atoms with van der Waals surface area (Å²) in [4.78, 5) is 1.30. The molecule has 1 heterocycles. The second-order valence-electron chi connectivity index (χ2n) is 2.94. The fourth-order valence-electron chi connectivity index (χ4n) is 1.47. The van der Waals surface area contributed by atoms with E-state index in [-0.39, 0.29) is 0 Å². The van der Waals surface area contributed by atoms with Gasteiger partial charge in [-0.25, -0.2) is 0 Å². The monoisotopic (exact) mass is 243 g/mol. The maximum atomic E-state index is 5.89. The number of nitrogen functional groups attached to an aromatic ring is 1. The lowest BCUT2D eigenvalue weighted by Gasteiger charge is -2.17. The fraction of sp³-hybridized carbons (Fsp3) is 0.333. The number of hydrogen-bond acceptors (Lipinski definition) is 2. The predicted molar refractivity (Wildman–Crippen MR) is 57.6 cm³/mol. The number of thioether (sulfide) groups is 1. The molecule has 0 aliphatic carbocycles. The maximum Gasteiger partial charge on any atom is 0.0466 e. The Balaban J connectivity index is 2.53. The molecule has 64 valence electrons. The zero-order chi connectivity index (χ0) is 8.55. The molecule has 0 spiro atoms. The first-order chi connectivity index (χ1) is 5.77. The van der Waals surface area contributed by atoms with Gasteiger partial charge in [-0.1, -0.05) is 15.9 Å². The van der Waals surface area contributed by atoms with Crippen molar-refractivity contribution in [3.05, 3.63) is 22.2 Å². The highest BCUT2D eigenvalue weighted by Crippen LogP contribution is 2.36. The zero-order valence-electron chi connectivity index (χ0n) is 6.64. The van der Waals surface area contributed by atoms with Crippen LogP contribution < -0.4 is 5.73 Å². The van der Waals surface area contributed by atoms with Gasteiger partial charge in [0.15, 0.2) is 0 Å². The molecule has 0 aromatic heterocycles. The van der Waals surface area contributed by atoms with Crippen LogP contribution >= 0.6 is 27.7 Å². The van der Waals surface area contributed by atoms with Gasteiger partial charge in [0.1, 0.15) is 0 Å². The lowest BCUT2D eigenvalue weighted by atomic mass is 10.1. The summed E-state index contributed by atoms with van der Waals surface area (Å²) in [5.41, 5.74) is 8.21. The number of fused-ring (bicyclic) bond motifs is 1. The van der Waals surface area contributed by atoms with Gasteiger partial charge in [0.2, 0.25) is 0 Å². The minimum atomic E-state index is 0.920. The maximum absolute atomic E-state index is 5.89.